The Morgan fingerprint density at radius 2 is 1.55 bits per heavy atom. The first-order chi connectivity index (χ1) is 26.8. The fourth-order valence-electron chi connectivity index (χ4n) is 13.2. The number of rotatable bonds is 10. The average molecular weight is 893 g/mol. The number of cyclic esters (lactones) is 1. The van der Waals surface area contributed by atoms with Gasteiger partial charge in [-0.1, -0.05) is 59.6 Å². The molecule has 0 aromatic carbocycles. The Balaban J connectivity index is 0.00000341. The predicted octanol–water partition coefficient (Wildman–Crippen LogP) is -3.69. The van der Waals surface area contributed by atoms with Crippen LogP contribution in [0.1, 0.15) is 113 Å². The fourth-order valence-corrected chi connectivity index (χ4v) is 13.7. The Kier molecular flexibility index (Phi) is 15.3. The van der Waals surface area contributed by atoms with Gasteiger partial charge in [0.2, 0.25) is 0 Å². The van der Waals surface area contributed by atoms with E-state index >= 15 is 0 Å². The van der Waals surface area contributed by atoms with Gasteiger partial charge in [0.05, 0.1) is 24.9 Å². The normalized spacial score (nSPS) is 49.6. The van der Waals surface area contributed by atoms with Gasteiger partial charge in [0, 0.05) is 0 Å². The van der Waals surface area contributed by atoms with Crippen LogP contribution in [-0.2, 0) is 43.1 Å². The molecule has 16 nitrogen and oxygen atoms in total. The van der Waals surface area contributed by atoms with Crippen LogP contribution in [-0.4, -0.2) is 135 Å². The second-order valence-electron chi connectivity index (χ2n) is 20.2. The summed E-state index contributed by atoms with van der Waals surface area (Å²) in [6.07, 6.45) is -8.00. The molecule has 0 aromatic heterocycles. The van der Waals surface area contributed by atoms with Gasteiger partial charge in [-0.05, 0) is 99.2 Å². The molecule has 3 unspecified atom stereocenters. The number of carbonyl (C=O) groups is 1. The van der Waals surface area contributed by atoms with Crippen molar-refractivity contribution in [2.45, 2.75) is 192 Å². The van der Waals surface area contributed by atoms with Gasteiger partial charge < -0.3 is 54.3 Å². The van der Waals surface area contributed by atoms with Crippen LogP contribution in [0.15, 0.2) is 11.6 Å². The summed E-state index contributed by atoms with van der Waals surface area (Å²) in [4.78, 5) is 14.3. The number of allylic oxidation sites excluding steroid dienone is 1. The minimum Gasteiger partial charge on any atom is -0.456 e. The van der Waals surface area contributed by atoms with Crippen molar-refractivity contribution in [2.24, 2.45) is 39.4 Å². The molecule has 3 saturated carbocycles. The third-order valence-corrected chi connectivity index (χ3v) is 16.8. The number of fused-ring (bicyclic) bond motifs is 4. The summed E-state index contributed by atoms with van der Waals surface area (Å²) >= 11 is 0. The smallest absolute Gasteiger partial charge is 0.456 e. The van der Waals surface area contributed by atoms with Crippen LogP contribution in [0.4, 0.5) is 0 Å². The van der Waals surface area contributed by atoms with Crippen molar-refractivity contribution in [3.63, 3.8) is 0 Å². The largest absolute Gasteiger partial charge is 1.00 e. The van der Waals surface area contributed by atoms with E-state index < -0.39 is 123 Å². The van der Waals surface area contributed by atoms with E-state index in [2.05, 4.69) is 45.7 Å². The number of carbonyl (C=O) groups excluding carboxylic acids is 1. The topological polar surface area (TPSA) is 248 Å². The average Bonchev–Trinajstić information content (AvgIpc) is 3.48. The molecule has 7 rings (SSSR count). The van der Waals surface area contributed by atoms with Gasteiger partial charge in [-0.2, -0.15) is 8.42 Å². The van der Waals surface area contributed by atoms with E-state index in [1.54, 1.807) is 0 Å². The van der Waals surface area contributed by atoms with E-state index in [9.17, 15) is 48.4 Å². The molecule has 4 aliphatic carbocycles. The van der Waals surface area contributed by atoms with Gasteiger partial charge in [-0.25, -0.2) is 4.18 Å². The van der Waals surface area contributed by atoms with Crippen molar-refractivity contribution in [3.05, 3.63) is 11.6 Å². The maximum atomic E-state index is 14.3. The van der Waals surface area contributed by atoms with E-state index in [-0.39, 0.29) is 71.0 Å². The second kappa shape index (κ2) is 17.7. The maximum Gasteiger partial charge on any atom is 1.00 e. The van der Waals surface area contributed by atoms with Crippen molar-refractivity contribution < 1.29 is 135 Å². The van der Waals surface area contributed by atoms with Crippen molar-refractivity contribution in [3.8, 4) is 0 Å². The number of aliphatic hydroxyl groups is 6. The Bertz CT molecular complexity index is 1730. The zero-order valence-electron chi connectivity index (χ0n) is 36.9. The summed E-state index contributed by atoms with van der Waals surface area (Å²) < 4.78 is 67.8. The number of esters is 1. The van der Waals surface area contributed by atoms with Crippen molar-refractivity contribution in [1.82, 2.24) is 0 Å². The molecule has 332 valence electrons. The molecule has 7 N–H and O–H groups in total. The number of aliphatic hydroxyl groups excluding tert-OH is 5. The molecule has 60 heavy (non-hydrogen) atoms. The Hall–Kier alpha value is 0.680. The summed E-state index contributed by atoms with van der Waals surface area (Å²) in [6.45, 7) is 15.5. The molecule has 0 bridgehead atoms. The Morgan fingerprint density at radius 3 is 2.18 bits per heavy atom. The van der Waals surface area contributed by atoms with Gasteiger partial charge in [-0.15, -0.1) is 0 Å². The van der Waals surface area contributed by atoms with E-state index in [0.29, 0.717) is 44.4 Å². The molecule has 19 heteroatoms. The summed E-state index contributed by atoms with van der Waals surface area (Å²) in [7, 11) is -5.03. The number of hydrogen-bond donors (Lipinski definition) is 7. The molecule has 0 radical (unpaired) electrons. The van der Waals surface area contributed by atoms with Crippen LogP contribution in [0.2, 0.25) is 0 Å². The third kappa shape index (κ3) is 7.85. The van der Waals surface area contributed by atoms with Gasteiger partial charge >= 0.3 is 75.5 Å². The summed E-state index contributed by atoms with van der Waals surface area (Å²) in [5.74, 6) is -0.164. The number of ether oxygens (including phenoxy) is 5. The van der Waals surface area contributed by atoms with E-state index in [1.807, 2.05) is 13.0 Å². The van der Waals surface area contributed by atoms with Crippen LogP contribution in [0, 0.1) is 39.4 Å². The first-order valence-corrected chi connectivity index (χ1v) is 22.5. The molecule has 7 aliphatic rings. The summed E-state index contributed by atoms with van der Waals surface area (Å²) in [5, 5.41) is 67.9. The number of hydrogen-bond acceptors (Lipinski definition) is 15. The molecular weight excluding hydrogens is 826 g/mol. The second-order valence-corrected chi connectivity index (χ2v) is 21.2. The van der Waals surface area contributed by atoms with Gasteiger partial charge in [0.25, 0.3) is 0 Å². The fraction of sp³-hybridized carbons (Fsp3) is 0.927. The molecule has 0 aromatic rings. The van der Waals surface area contributed by atoms with Crippen LogP contribution < -0.4 is 59.1 Å². The summed E-state index contributed by atoms with van der Waals surface area (Å²) in [6, 6.07) is 0. The molecule has 6 fully saturated rings. The molecule has 3 aliphatic heterocycles. The summed E-state index contributed by atoms with van der Waals surface area (Å²) in [5.41, 5.74) is -4.89. The van der Waals surface area contributed by atoms with Crippen molar-refractivity contribution in [1.29, 1.82) is 0 Å². The SMILES string of the molecule is CC(C)CCC[C@]1(C)OC(=O)C23[C@@H](O)C=C4C(CCC5C(C)(C)[C@@H](O[C@@H]6OC[C@@H](OS(=O)(=O)O)[C@H](O)[C@H]6O[C@@H]6O[C@H](C)[C@@H](O)[C@H](O)[C@H]6O)CC[C@]45C)[C@]2(C)CC[C@@]31O.[Na+].[Na+]. The van der Waals surface area contributed by atoms with Gasteiger partial charge in [-0.3, -0.25) is 9.35 Å². The van der Waals surface area contributed by atoms with Gasteiger partial charge in [0.15, 0.2) is 12.6 Å². The Labute approximate surface area is 398 Å². The molecule has 3 saturated heterocycles. The van der Waals surface area contributed by atoms with Crippen LogP contribution in [0.5, 0.6) is 0 Å². The molecule has 18 atom stereocenters. The molecule has 1 spiro atoms. The van der Waals surface area contributed by atoms with Gasteiger partial charge in [0.1, 0.15) is 53.2 Å². The monoisotopic (exact) mass is 892 g/mol. The standard InChI is InChI=1S/C41H66O16S.2Na/c1-20(2)10-9-14-39(8)40(48)17-16-38(7)22-11-12-25-36(4,5)27(13-15-37(25,6)23(22)18-26(42)41(38,40)35(47)56-39)54-34-32(29(44)24(19-52-34)57-58(49,50)51)55-33-31(46)30(45)28(43)21(3)53-33;;/h18,20-22,24-34,42-46,48H,9-17,19H2,1-8H3,(H,49,50,51);;/q;2*+1/t21-,22?,24-,25?,26+,27+,28-,29+,30+,31-,32-,33+,34+,37-,38+,39+,40+,41?;;/m1../s1. The molecular formula is C41H66Na2O16S+2. The van der Waals surface area contributed by atoms with E-state index in [1.165, 1.54) is 6.92 Å². The Morgan fingerprint density at radius 1 is 0.883 bits per heavy atom. The van der Waals surface area contributed by atoms with E-state index in [4.69, 9.17) is 23.7 Å². The third-order valence-electron chi connectivity index (χ3n) is 16.3. The zero-order valence-corrected chi connectivity index (χ0v) is 41.8. The minimum absolute atomic E-state index is 0. The predicted molar refractivity (Wildman–Crippen MR) is 204 cm³/mol. The molecule has 0 amide bonds. The van der Waals surface area contributed by atoms with Crippen molar-refractivity contribution >= 4 is 16.4 Å². The van der Waals surface area contributed by atoms with Crippen LogP contribution in [0.25, 0.3) is 0 Å². The minimum atomic E-state index is -5.03. The molecule has 3 heterocycles. The van der Waals surface area contributed by atoms with E-state index in [0.717, 1.165) is 24.8 Å². The maximum absolute atomic E-state index is 14.3. The van der Waals surface area contributed by atoms with Crippen molar-refractivity contribution in [2.75, 3.05) is 6.61 Å². The first-order valence-electron chi connectivity index (χ1n) is 21.1. The first kappa shape index (κ1) is 51.7. The quantitative estimate of drug-likeness (QED) is 0.0367. The zero-order chi connectivity index (χ0) is 42.8. The van der Waals surface area contributed by atoms with Crippen LogP contribution >= 0.6 is 0 Å². The van der Waals surface area contributed by atoms with Crippen LogP contribution in [0.3, 0.4) is 0 Å².